The minimum Gasteiger partial charge on any atom is -0.469 e. The summed E-state index contributed by atoms with van der Waals surface area (Å²) in [7, 11) is -3.99. The van der Waals surface area contributed by atoms with Crippen molar-refractivity contribution in [2.24, 2.45) is 0 Å². The molecule has 0 saturated carbocycles. The number of hydrogen-bond donors (Lipinski definition) is 2. The first-order valence-electron chi connectivity index (χ1n) is 6.77. The number of carbonyl (C=O) groups is 1. The summed E-state index contributed by atoms with van der Waals surface area (Å²) < 4.78 is 34.4. The molecule has 0 aliphatic heterocycles. The van der Waals surface area contributed by atoms with E-state index in [1.165, 1.54) is 42.7 Å². The Hall–Kier alpha value is -2.91. The maximum Gasteiger partial charge on any atom is 0.336 e. The second kappa shape index (κ2) is 5.95. The van der Waals surface area contributed by atoms with Gasteiger partial charge in [-0.05, 0) is 37.3 Å². The van der Waals surface area contributed by atoms with Crippen molar-refractivity contribution < 1.29 is 22.0 Å². The average molecular weight is 348 g/mol. The zero-order chi connectivity index (χ0) is 17.3. The van der Waals surface area contributed by atoms with E-state index in [1.807, 2.05) is 4.83 Å². The van der Waals surface area contributed by atoms with Crippen LogP contribution in [0.1, 0.15) is 16.1 Å². The number of aryl methyl sites for hydroxylation is 1. The molecule has 2 N–H and O–H groups in total. The minimum atomic E-state index is -3.99. The Morgan fingerprint density at radius 2 is 1.92 bits per heavy atom. The third-order valence-electron chi connectivity index (χ3n) is 3.30. The molecule has 2 heterocycles. The van der Waals surface area contributed by atoms with Gasteiger partial charge in [-0.15, -0.1) is 4.83 Å². The van der Waals surface area contributed by atoms with Gasteiger partial charge >= 0.3 is 5.63 Å². The van der Waals surface area contributed by atoms with Gasteiger partial charge in [-0.2, -0.15) is 0 Å². The molecule has 124 valence electrons. The monoisotopic (exact) mass is 348 g/mol. The SMILES string of the molecule is Cc1occc1C(=O)NNS(=O)(=O)c1ccc2oc(=O)ccc2c1. The van der Waals surface area contributed by atoms with Crippen LogP contribution in [0.25, 0.3) is 11.0 Å². The predicted molar refractivity (Wildman–Crippen MR) is 83.7 cm³/mol. The van der Waals surface area contributed by atoms with Crippen LogP contribution in [0.2, 0.25) is 0 Å². The van der Waals surface area contributed by atoms with Crippen molar-refractivity contribution in [3.63, 3.8) is 0 Å². The van der Waals surface area contributed by atoms with Gasteiger partial charge in [-0.1, -0.05) is 0 Å². The highest BCUT2D eigenvalue weighted by atomic mass is 32.2. The number of hydrazine groups is 1. The lowest BCUT2D eigenvalue weighted by Crippen LogP contribution is -2.41. The molecule has 0 radical (unpaired) electrons. The van der Waals surface area contributed by atoms with Crippen LogP contribution in [0.15, 0.2) is 61.2 Å². The quantitative estimate of drug-likeness (QED) is 0.542. The fourth-order valence-corrected chi connectivity index (χ4v) is 2.95. The summed E-state index contributed by atoms with van der Waals surface area (Å²) in [5, 5.41) is 0.439. The van der Waals surface area contributed by atoms with Gasteiger partial charge in [0.05, 0.1) is 16.7 Å². The van der Waals surface area contributed by atoms with Gasteiger partial charge in [-0.25, -0.2) is 13.2 Å². The summed E-state index contributed by atoms with van der Waals surface area (Å²) in [4.78, 5) is 25.0. The first-order valence-corrected chi connectivity index (χ1v) is 8.25. The lowest BCUT2D eigenvalue weighted by Gasteiger charge is -2.08. The number of benzene rings is 1. The van der Waals surface area contributed by atoms with Crippen molar-refractivity contribution in [3.05, 3.63) is 64.4 Å². The smallest absolute Gasteiger partial charge is 0.336 e. The third kappa shape index (κ3) is 3.07. The molecule has 0 aliphatic rings. The van der Waals surface area contributed by atoms with Crippen LogP contribution < -0.4 is 15.9 Å². The molecule has 0 aliphatic carbocycles. The Morgan fingerprint density at radius 1 is 1.12 bits per heavy atom. The molecule has 9 heteroatoms. The van der Waals surface area contributed by atoms with Crippen LogP contribution in [0.4, 0.5) is 0 Å². The largest absolute Gasteiger partial charge is 0.469 e. The molecule has 0 spiro atoms. The van der Waals surface area contributed by atoms with Crippen LogP contribution >= 0.6 is 0 Å². The summed E-state index contributed by atoms with van der Waals surface area (Å²) in [6.45, 7) is 1.58. The van der Waals surface area contributed by atoms with E-state index in [0.717, 1.165) is 0 Å². The fourth-order valence-electron chi connectivity index (χ4n) is 2.08. The van der Waals surface area contributed by atoms with Gasteiger partial charge in [0.15, 0.2) is 0 Å². The van der Waals surface area contributed by atoms with E-state index in [2.05, 4.69) is 5.43 Å². The van der Waals surface area contributed by atoms with Gasteiger partial charge in [0.1, 0.15) is 11.3 Å². The van der Waals surface area contributed by atoms with Gasteiger partial charge < -0.3 is 8.83 Å². The highest BCUT2D eigenvalue weighted by molar-refractivity contribution is 7.89. The van der Waals surface area contributed by atoms with Gasteiger partial charge in [0.25, 0.3) is 15.9 Å². The molecule has 3 aromatic rings. The zero-order valence-electron chi connectivity index (χ0n) is 12.4. The van der Waals surface area contributed by atoms with E-state index in [9.17, 15) is 18.0 Å². The molecule has 2 aromatic heterocycles. The van der Waals surface area contributed by atoms with Crippen LogP contribution in [0, 0.1) is 6.92 Å². The Labute approximate surface area is 136 Å². The molecule has 0 unspecified atom stereocenters. The second-order valence-corrected chi connectivity index (χ2v) is 6.59. The molecule has 8 nitrogen and oxygen atoms in total. The van der Waals surface area contributed by atoms with Crippen molar-refractivity contribution in [1.29, 1.82) is 0 Å². The van der Waals surface area contributed by atoms with Crippen LogP contribution in [0.3, 0.4) is 0 Å². The topological polar surface area (TPSA) is 119 Å². The molecule has 0 bridgehead atoms. The first-order chi connectivity index (χ1) is 11.4. The summed E-state index contributed by atoms with van der Waals surface area (Å²) in [5.74, 6) is -0.274. The highest BCUT2D eigenvalue weighted by Gasteiger charge is 2.18. The lowest BCUT2D eigenvalue weighted by atomic mass is 10.2. The number of sulfonamides is 1. The molecule has 0 fully saturated rings. The third-order valence-corrected chi connectivity index (χ3v) is 4.55. The lowest BCUT2D eigenvalue weighted by molar-refractivity contribution is 0.0943. The van der Waals surface area contributed by atoms with E-state index in [1.54, 1.807) is 6.92 Å². The van der Waals surface area contributed by atoms with Crippen LogP contribution in [-0.2, 0) is 10.0 Å². The number of hydrogen-bond acceptors (Lipinski definition) is 6. The number of amides is 1. The Balaban J connectivity index is 1.83. The molecule has 3 rings (SSSR count). The van der Waals surface area contributed by atoms with Crippen LogP contribution in [0.5, 0.6) is 0 Å². The van der Waals surface area contributed by atoms with E-state index in [-0.39, 0.29) is 16.0 Å². The summed E-state index contributed by atoms with van der Waals surface area (Å²) >= 11 is 0. The van der Waals surface area contributed by atoms with Crippen LogP contribution in [-0.4, -0.2) is 14.3 Å². The van der Waals surface area contributed by atoms with Crippen molar-refractivity contribution in [1.82, 2.24) is 10.3 Å². The highest BCUT2D eigenvalue weighted by Crippen LogP contribution is 2.17. The number of rotatable bonds is 4. The molecular weight excluding hydrogens is 336 g/mol. The predicted octanol–water partition coefficient (Wildman–Crippen LogP) is 1.32. The molecular formula is C15H12N2O6S. The maximum absolute atomic E-state index is 12.3. The van der Waals surface area contributed by atoms with Gasteiger partial charge in [0, 0.05) is 11.5 Å². The fraction of sp³-hybridized carbons (Fsp3) is 0.0667. The Kier molecular flexibility index (Phi) is 3.96. The summed E-state index contributed by atoms with van der Waals surface area (Å²) in [5.41, 5.74) is 2.07. The molecule has 0 saturated heterocycles. The number of carbonyl (C=O) groups excluding carboxylic acids is 1. The van der Waals surface area contributed by atoms with Gasteiger partial charge in [-0.3, -0.25) is 10.2 Å². The second-order valence-electron chi connectivity index (χ2n) is 4.90. The van der Waals surface area contributed by atoms with Crippen molar-refractivity contribution >= 4 is 26.9 Å². The number of fused-ring (bicyclic) bond motifs is 1. The van der Waals surface area contributed by atoms with Crippen molar-refractivity contribution in [3.8, 4) is 0 Å². The van der Waals surface area contributed by atoms with Gasteiger partial charge in [0.2, 0.25) is 0 Å². The van der Waals surface area contributed by atoms with E-state index >= 15 is 0 Å². The molecule has 24 heavy (non-hydrogen) atoms. The normalized spacial score (nSPS) is 11.5. The maximum atomic E-state index is 12.3. The first kappa shape index (κ1) is 16.0. The molecule has 0 atom stereocenters. The van der Waals surface area contributed by atoms with E-state index < -0.39 is 21.6 Å². The Bertz CT molecular complexity index is 1080. The van der Waals surface area contributed by atoms with Crippen molar-refractivity contribution in [2.45, 2.75) is 11.8 Å². The Morgan fingerprint density at radius 3 is 2.62 bits per heavy atom. The van der Waals surface area contributed by atoms with E-state index in [0.29, 0.717) is 11.1 Å². The molecule has 1 aromatic carbocycles. The molecule has 1 amide bonds. The average Bonchev–Trinajstić information content (AvgIpc) is 2.98. The van der Waals surface area contributed by atoms with Crippen molar-refractivity contribution in [2.75, 3.05) is 0 Å². The van der Waals surface area contributed by atoms with E-state index in [4.69, 9.17) is 8.83 Å². The standard InChI is InChI=1S/C15H12N2O6S/c1-9-12(6-7-22-9)15(19)16-17-24(20,21)11-3-4-13-10(8-11)2-5-14(18)23-13/h2-8,17H,1H3,(H,16,19). The summed E-state index contributed by atoms with van der Waals surface area (Å²) in [6, 6.07) is 8.03. The summed E-state index contributed by atoms with van der Waals surface area (Å²) in [6.07, 6.45) is 1.33. The minimum absolute atomic E-state index is 0.0898. The number of nitrogens with one attached hydrogen (secondary N) is 2. The number of furan rings is 1. The zero-order valence-corrected chi connectivity index (χ0v) is 13.2.